The number of benzene rings is 1. The van der Waals surface area contributed by atoms with Gasteiger partial charge in [-0.15, -0.1) is 11.8 Å². The zero-order valence-corrected chi connectivity index (χ0v) is 13.7. The summed E-state index contributed by atoms with van der Waals surface area (Å²) >= 11 is 1.76. The van der Waals surface area contributed by atoms with Crippen LogP contribution in [0.5, 0.6) is 0 Å². The molecule has 0 amide bonds. The van der Waals surface area contributed by atoms with Crippen molar-refractivity contribution in [1.29, 1.82) is 0 Å². The van der Waals surface area contributed by atoms with Gasteiger partial charge >= 0.3 is 0 Å². The molecule has 1 unspecified atom stereocenters. The van der Waals surface area contributed by atoms with Crippen molar-refractivity contribution in [3.8, 4) is 0 Å². The Hall–Kier alpha value is -1.23. The van der Waals surface area contributed by atoms with E-state index in [4.69, 9.17) is 9.15 Å². The van der Waals surface area contributed by atoms with Crippen molar-refractivity contribution in [3.63, 3.8) is 0 Å². The first-order chi connectivity index (χ1) is 10.3. The van der Waals surface area contributed by atoms with Crippen LogP contribution in [0.15, 0.2) is 45.7 Å². The minimum atomic E-state index is 0.0826. The summed E-state index contributed by atoms with van der Waals surface area (Å²) in [5.74, 6) is 1.80. The number of ether oxygens (including phenoxy) is 1. The van der Waals surface area contributed by atoms with Gasteiger partial charge in [-0.1, -0.05) is 25.1 Å². The van der Waals surface area contributed by atoms with E-state index in [9.17, 15) is 0 Å². The molecule has 1 aromatic carbocycles. The number of thioether (sulfide) groups is 1. The monoisotopic (exact) mass is 305 g/mol. The summed E-state index contributed by atoms with van der Waals surface area (Å²) in [6.45, 7) is 3.63. The molecule has 2 aromatic rings. The lowest BCUT2D eigenvalue weighted by Gasteiger charge is -2.19. The quantitative estimate of drug-likeness (QED) is 0.740. The van der Waals surface area contributed by atoms with Gasteiger partial charge in [0, 0.05) is 12.0 Å². The highest BCUT2D eigenvalue weighted by Crippen LogP contribution is 2.31. The maximum Gasteiger partial charge on any atom is 0.129 e. The minimum Gasteiger partial charge on any atom is -0.462 e. The predicted molar refractivity (Wildman–Crippen MR) is 87.8 cm³/mol. The molecule has 2 rings (SSSR count). The summed E-state index contributed by atoms with van der Waals surface area (Å²) in [6, 6.07) is 12.6. The molecule has 0 spiro atoms. The van der Waals surface area contributed by atoms with Gasteiger partial charge in [0.2, 0.25) is 0 Å². The van der Waals surface area contributed by atoms with E-state index in [-0.39, 0.29) is 6.04 Å². The Kier molecular flexibility index (Phi) is 6.36. The SMILES string of the molecule is CCCNC(c1ccc(COC)o1)c1ccccc1SC. The summed E-state index contributed by atoms with van der Waals surface area (Å²) in [7, 11) is 1.68. The van der Waals surface area contributed by atoms with Gasteiger partial charge in [-0.2, -0.15) is 0 Å². The van der Waals surface area contributed by atoms with Crippen molar-refractivity contribution in [2.75, 3.05) is 19.9 Å². The summed E-state index contributed by atoms with van der Waals surface area (Å²) in [6.07, 6.45) is 3.19. The second kappa shape index (κ2) is 8.27. The van der Waals surface area contributed by atoms with Crippen LogP contribution in [0.4, 0.5) is 0 Å². The normalized spacial score (nSPS) is 12.5. The molecule has 1 heterocycles. The minimum absolute atomic E-state index is 0.0826. The van der Waals surface area contributed by atoms with E-state index >= 15 is 0 Å². The van der Waals surface area contributed by atoms with Crippen LogP contribution in [-0.4, -0.2) is 19.9 Å². The third-order valence-electron chi connectivity index (χ3n) is 3.30. The molecule has 0 radical (unpaired) electrons. The topological polar surface area (TPSA) is 34.4 Å². The average Bonchev–Trinajstić information content (AvgIpc) is 2.97. The van der Waals surface area contributed by atoms with Crippen LogP contribution in [0.1, 0.15) is 36.5 Å². The zero-order valence-electron chi connectivity index (χ0n) is 12.9. The molecule has 0 bridgehead atoms. The van der Waals surface area contributed by atoms with Crippen molar-refractivity contribution in [2.24, 2.45) is 0 Å². The fraction of sp³-hybridized carbons (Fsp3) is 0.412. The van der Waals surface area contributed by atoms with E-state index in [0.717, 1.165) is 24.5 Å². The Morgan fingerprint density at radius 3 is 2.76 bits per heavy atom. The van der Waals surface area contributed by atoms with Crippen LogP contribution < -0.4 is 5.32 Å². The molecule has 0 saturated carbocycles. The standard InChI is InChI=1S/C17H23NO2S/c1-4-11-18-17(14-7-5-6-8-16(14)21-3)15-10-9-13(20-15)12-19-2/h5-10,17-18H,4,11-12H2,1-3H3. The van der Waals surface area contributed by atoms with Crippen molar-refractivity contribution in [3.05, 3.63) is 53.5 Å². The molecular weight excluding hydrogens is 282 g/mol. The second-order valence-corrected chi connectivity index (χ2v) is 5.71. The third kappa shape index (κ3) is 4.13. The van der Waals surface area contributed by atoms with E-state index in [1.54, 1.807) is 18.9 Å². The molecule has 1 aromatic heterocycles. The smallest absolute Gasteiger partial charge is 0.129 e. The molecule has 3 nitrogen and oxygen atoms in total. The van der Waals surface area contributed by atoms with Gasteiger partial charge in [-0.3, -0.25) is 0 Å². The number of nitrogens with one attached hydrogen (secondary N) is 1. The van der Waals surface area contributed by atoms with Crippen molar-refractivity contribution >= 4 is 11.8 Å². The Morgan fingerprint density at radius 2 is 2.05 bits per heavy atom. The van der Waals surface area contributed by atoms with E-state index in [2.05, 4.69) is 42.8 Å². The maximum absolute atomic E-state index is 5.94. The van der Waals surface area contributed by atoms with Crippen LogP contribution in [0, 0.1) is 0 Å². The molecule has 0 aliphatic heterocycles. The number of hydrogen-bond acceptors (Lipinski definition) is 4. The summed E-state index contributed by atoms with van der Waals surface area (Å²) in [5.41, 5.74) is 1.26. The van der Waals surface area contributed by atoms with E-state index in [0.29, 0.717) is 6.61 Å². The molecule has 1 N–H and O–H groups in total. The Bertz CT molecular complexity index is 553. The van der Waals surface area contributed by atoms with Crippen molar-refractivity contribution in [1.82, 2.24) is 5.32 Å². The van der Waals surface area contributed by atoms with E-state index < -0.39 is 0 Å². The van der Waals surface area contributed by atoms with Gasteiger partial charge in [-0.05, 0) is 43.0 Å². The highest BCUT2D eigenvalue weighted by molar-refractivity contribution is 7.98. The summed E-state index contributed by atoms with van der Waals surface area (Å²) in [4.78, 5) is 1.27. The first-order valence-electron chi connectivity index (χ1n) is 7.24. The first-order valence-corrected chi connectivity index (χ1v) is 8.46. The van der Waals surface area contributed by atoms with Crippen LogP contribution >= 0.6 is 11.8 Å². The van der Waals surface area contributed by atoms with Gasteiger partial charge in [0.1, 0.15) is 18.1 Å². The summed E-state index contributed by atoms with van der Waals surface area (Å²) in [5, 5.41) is 3.58. The molecule has 0 aliphatic rings. The molecular formula is C17H23NO2S. The number of furan rings is 1. The number of rotatable bonds is 8. The lowest BCUT2D eigenvalue weighted by molar-refractivity contribution is 0.162. The average molecular weight is 305 g/mol. The van der Waals surface area contributed by atoms with Gasteiger partial charge in [0.05, 0.1) is 6.04 Å². The van der Waals surface area contributed by atoms with Crippen molar-refractivity contribution < 1.29 is 9.15 Å². The lowest BCUT2D eigenvalue weighted by Crippen LogP contribution is -2.23. The maximum atomic E-state index is 5.94. The van der Waals surface area contributed by atoms with Crippen LogP contribution in [-0.2, 0) is 11.3 Å². The highest BCUT2D eigenvalue weighted by atomic mass is 32.2. The Balaban J connectivity index is 2.32. The van der Waals surface area contributed by atoms with E-state index in [1.807, 2.05) is 12.1 Å². The van der Waals surface area contributed by atoms with Gasteiger partial charge in [0.15, 0.2) is 0 Å². The van der Waals surface area contributed by atoms with Crippen LogP contribution in [0.25, 0.3) is 0 Å². The summed E-state index contributed by atoms with van der Waals surface area (Å²) < 4.78 is 11.1. The zero-order chi connectivity index (χ0) is 15.1. The molecule has 21 heavy (non-hydrogen) atoms. The Morgan fingerprint density at radius 1 is 1.24 bits per heavy atom. The van der Waals surface area contributed by atoms with Crippen LogP contribution in [0.2, 0.25) is 0 Å². The van der Waals surface area contributed by atoms with Gasteiger partial charge in [0.25, 0.3) is 0 Å². The van der Waals surface area contributed by atoms with Crippen LogP contribution in [0.3, 0.4) is 0 Å². The fourth-order valence-corrected chi connectivity index (χ4v) is 2.96. The fourth-order valence-electron chi connectivity index (χ4n) is 2.33. The van der Waals surface area contributed by atoms with Crippen molar-refractivity contribution in [2.45, 2.75) is 30.9 Å². The predicted octanol–water partition coefficient (Wildman–Crippen LogP) is 4.24. The molecule has 0 fully saturated rings. The highest BCUT2D eigenvalue weighted by Gasteiger charge is 2.19. The van der Waals surface area contributed by atoms with E-state index in [1.165, 1.54) is 10.5 Å². The second-order valence-electron chi connectivity index (χ2n) is 4.87. The molecule has 1 atom stereocenters. The first kappa shape index (κ1) is 16.1. The largest absolute Gasteiger partial charge is 0.462 e. The Labute approximate surface area is 131 Å². The lowest BCUT2D eigenvalue weighted by atomic mass is 10.0. The van der Waals surface area contributed by atoms with Gasteiger partial charge < -0.3 is 14.5 Å². The number of methoxy groups -OCH3 is 1. The third-order valence-corrected chi connectivity index (χ3v) is 4.11. The molecule has 0 saturated heterocycles. The van der Waals surface area contributed by atoms with Gasteiger partial charge in [-0.25, -0.2) is 0 Å². The molecule has 114 valence electrons. The molecule has 0 aliphatic carbocycles. The number of hydrogen-bond donors (Lipinski definition) is 1. The molecule has 4 heteroatoms.